The summed E-state index contributed by atoms with van der Waals surface area (Å²) in [7, 11) is 0.401. The van der Waals surface area contributed by atoms with Crippen molar-refractivity contribution in [3.63, 3.8) is 0 Å². The molecule has 1 fully saturated rings. The Kier molecular flexibility index (Phi) is 6.44. The molecule has 162 valence electrons. The van der Waals surface area contributed by atoms with Crippen LogP contribution in [0.1, 0.15) is 61.3 Å². The Balaban J connectivity index is 2.80. The minimum absolute atomic E-state index is 0.0217. The Hall–Kier alpha value is -1.62. The summed E-state index contributed by atoms with van der Waals surface area (Å²) in [5.74, 6) is -1.08. The maximum Gasteiger partial charge on any atom is 0.323 e. The Bertz CT molecular complexity index is 712. The quantitative estimate of drug-likeness (QED) is 0.389. The van der Waals surface area contributed by atoms with Crippen molar-refractivity contribution >= 4 is 25.2 Å². The van der Waals surface area contributed by atoms with Gasteiger partial charge in [0.1, 0.15) is 8.07 Å². The maximum atomic E-state index is 12.9. The monoisotopic (exact) mass is 418 g/mol. The fourth-order valence-electron chi connectivity index (χ4n) is 6.84. The number of hydrogen-bond donors (Lipinski definition) is 0. The lowest BCUT2D eigenvalue weighted by atomic mass is 9.78. The summed E-state index contributed by atoms with van der Waals surface area (Å²) >= 11 is 0. The average Bonchev–Trinajstić information content (AvgIpc) is 2.98. The summed E-state index contributed by atoms with van der Waals surface area (Å²) in [6, 6.07) is 10.8. The molecule has 1 aromatic carbocycles. The van der Waals surface area contributed by atoms with E-state index in [1.54, 1.807) is 0 Å². The van der Waals surface area contributed by atoms with E-state index >= 15 is 0 Å². The molecule has 0 bridgehead atoms. The lowest BCUT2D eigenvalue weighted by molar-refractivity contribution is -0.171. The molecule has 1 aliphatic carbocycles. The van der Waals surface area contributed by atoms with Gasteiger partial charge in [0.15, 0.2) is 5.41 Å². The first kappa shape index (κ1) is 23.7. The van der Waals surface area contributed by atoms with Gasteiger partial charge in [0, 0.05) is 0 Å². The lowest BCUT2D eigenvalue weighted by Gasteiger charge is -2.57. The van der Waals surface area contributed by atoms with Gasteiger partial charge in [-0.1, -0.05) is 90.4 Å². The zero-order chi connectivity index (χ0) is 22.3. The highest BCUT2D eigenvalue weighted by Gasteiger charge is 2.68. The number of ether oxygens (including phenoxy) is 2. The number of carbonyl (C=O) groups is 2. The van der Waals surface area contributed by atoms with Crippen molar-refractivity contribution in [2.75, 3.05) is 14.2 Å². The zero-order valence-electron chi connectivity index (χ0n) is 19.6. The highest BCUT2D eigenvalue weighted by molar-refractivity contribution is 6.97. The standard InChI is InChI=1S/C24H38O4Si/c1-17-19(15-16-24(17,20(25)27-8)21(26)28-9)29(22(2,3)4,23(5,6)7)18-13-11-10-12-14-18/h10-14,17,19H,15-16H2,1-9H3/t17-,19+/m0/s1. The number of benzene rings is 1. The first-order chi connectivity index (χ1) is 13.3. The van der Waals surface area contributed by atoms with E-state index in [2.05, 4.69) is 78.8 Å². The third kappa shape index (κ3) is 3.35. The molecule has 1 saturated carbocycles. The van der Waals surface area contributed by atoms with Crippen LogP contribution in [0.25, 0.3) is 0 Å². The molecule has 0 spiro atoms. The molecule has 1 aliphatic rings. The van der Waals surface area contributed by atoms with Crippen LogP contribution >= 0.6 is 0 Å². The molecule has 2 rings (SSSR count). The van der Waals surface area contributed by atoms with Crippen molar-refractivity contribution in [3.8, 4) is 0 Å². The van der Waals surface area contributed by atoms with Gasteiger partial charge in [-0.05, 0) is 28.0 Å². The largest absolute Gasteiger partial charge is 0.468 e. The van der Waals surface area contributed by atoms with Gasteiger partial charge in [-0.2, -0.15) is 0 Å². The van der Waals surface area contributed by atoms with Gasteiger partial charge >= 0.3 is 11.9 Å². The first-order valence-electron chi connectivity index (χ1n) is 10.5. The smallest absolute Gasteiger partial charge is 0.323 e. The molecule has 5 heteroatoms. The molecule has 0 aromatic heterocycles. The Morgan fingerprint density at radius 3 is 1.76 bits per heavy atom. The van der Waals surface area contributed by atoms with Gasteiger partial charge in [-0.15, -0.1) is 0 Å². The molecule has 1 aromatic rings. The van der Waals surface area contributed by atoms with E-state index in [1.807, 2.05) is 0 Å². The molecule has 0 saturated heterocycles. The maximum absolute atomic E-state index is 12.9. The molecular weight excluding hydrogens is 380 g/mol. The molecule has 0 unspecified atom stereocenters. The predicted octanol–water partition coefficient (Wildman–Crippen LogP) is 5.08. The summed E-state index contributed by atoms with van der Waals surface area (Å²) in [6.45, 7) is 16.1. The van der Waals surface area contributed by atoms with Crippen molar-refractivity contribution in [2.24, 2.45) is 11.3 Å². The topological polar surface area (TPSA) is 52.6 Å². The fourth-order valence-corrected chi connectivity index (χ4v) is 15.8. The van der Waals surface area contributed by atoms with Gasteiger partial charge < -0.3 is 9.47 Å². The third-order valence-corrected chi connectivity index (χ3v) is 15.4. The van der Waals surface area contributed by atoms with Crippen molar-refractivity contribution < 1.29 is 19.1 Å². The van der Waals surface area contributed by atoms with Crippen molar-refractivity contribution in [1.29, 1.82) is 0 Å². The zero-order valence-corrected chi connectivity index (χ0v) is 20.6. The van der Waals surface area contributed by atoms with Crippen LogP contribution in [0.5, 0.6) is 0 Å². The average molecular weight is 419 g/mol. The molecule has 2 atom stereocenters. The third-order valence-electron chi connectivity index (χ3n) is 7.48. The Labute approximate surface area is 177 Å². The number of rotatable bonds is 4. The van der Waals surface area contributed by atoms with E-state index in [-0.39, 0.29) is 21.5 Å². The Morgan fingerprint density at radius 2 is 1.38 bits per heavy atom. The molecule has 0 radical (unpaired) electrons. The van der Waals surface area contributed by atoms with Gasteiger partial charge in [0.05, 0.1) is 14.2 Å². The molecule has 0 N–H and O–H groups in total. The van der Waals surface area contributed by atoms with E-state index in [1.165, 1.54) is 19.4 Å². The SMILES string of the molecule is COC(=O)C1(C(=O)OC)CC[C@@H]([Si](c2ccccc2)(C(C)(C)C)C(C)(C)C)[C@@H]1C. The normalized spacial score (nSPS) is 22.2. The predicted molar refractivity (Wildman–Crippen MR) is 120 cm³/mol. The van der Waals surface area contributed by atoms with Gasteiger partial charge in [-0.3, -0.25) is 9.59 Å². The van der Waals surface area contributed by atoms with Crippen LogP contribution in [0, 0.1) is 11.3 Å². The number of esters is 2. The first-order valence-corrected chi connectivity index (χ1v) is 12.6. The van der Waals surface area contributed by atoms with Crippen molar-refractivity contribution in [3.05, 3.63) is 30.3 Å². The van der Waals surface area contributed by atoms with E-state index in [9.17, 15) is 9.59 Å². The minimum Gasteiger partial charge on any atom is -0.468 e. The molecule has 29 heavy (non-hydrogen) atoms. The summed E-state index contributed by atoms with van der Waals surface area (Å²) < 4.78 is 10.3. The second-order valence-corrected chi connectivity index (χ2v) is 16.5. The van der Waals surface area contributed by atoms with Crippen LogP contribution in [0.15, 0.2) is 30.3 Å². The molecule has 4 nitrogen and oxygen atoms in total. The van der Waals surface area contributed by atoms with Crippen LogP contribution in [0.2, 0.25) is 15.6 Å². The molecule has 0 heterocycles. The summed E-state index contributed by atoms with van der Waals surface area (Å²) in [6.07, 6.45) is 1.30. The minimum atomic E-state index is -2.33. The summed E-state index contributed by atoms with van der Waals surface area (Å²) in [5, 5.41) is 1.43. The van der Waals surface area contributed by atoms with E-state index < -0.39 is 25.4 Å². The number of hydrogen-bond acceptors (Lipinski definition) is 4. The number of methoxy groups -OCH3 is 2. The van der Waals surface area contributed by atoms with Gasteiger partial charge in [0.2, 0.25) is 0 Å². The summed E-state index contributed by atoms with van der Waals surface area (Å²) in [4.78, 5) is 25.9. The molecular formula is C24H38O4Si. The van der Waals surface area contributed by atoms with Crippen molar-refractivity contribution in [1.82, 2.24) is 0 Å². The van der Waals surface area contributed by atoms with Crippen LogP contribution in [0.3, 0.4) is 0 Å². The van der Waals surface area contributed by atoms with Crippen molar-refractivity contribution in [2.45, 2.75) is 76.9 Å². The number of carbonyl (C=O) groups excluding carboxylic acids is 2. The van der Waals surface area contributed by atoms with E-state index in [0.717, 1.165) is 6.42 Å². The summed E-state index contributed by atoms with van der Waals surface area (Å²) in [5.41, 5.74) is -0.986. The van der Waals surface area contributed by atoms with Crippen LogP contribution < -0.4 is 5.19 Å². The second kappa shape index (κ2) is 7.90. The van der Waals surface area contributed by atoms with Gasteiger partial charge in [0.25, 0.3) is 0 Å². The second-order valence-electron chi connectivity index (χ2n) is 10.6. The molecule has 0 aliphatic heterocycles. The van der Waals surface area contributed by atoms with Crippen LogP contribution in [0.4, 0.5) is 0 Å². The highest BCUT2D eigenvalue weighted by atomic mass is 28.3. The van der Waals surface area contributed by atoms with Crippen LogP contribution in [-0.4, -0.2) is 34.2 Å². The van der Waals surface area contributed by atoms with Crippen LogP contribution in [-0.2, 0) is 19.1 Å². The lowest BCUT2D eigenvalue weighted by Crippen LogP contribution is -2.65. The van der Waals surface area contributed by atoms with E-state index in [4.69, 9.17) is 9.47 Å². The van der Waals surface area contributed by atoms with E-state index in [0.29, 0.717) is 6.42 Å². The highest BCUT2D eigenvalue weighted by Crippen LogP contribution is 2.65. The Morgan fingerprint density at radius 1 is 0.931 bits per heavy atom. The molecule has 0 amide bonds. The fraction of sp³-hybridized carbons (Fsp3) is 0.667. The van der Waals surface area contributed by atoms with Gasteiger partial charge in [-0.25, -0.2) is 0 Å².